The Labute approximate surface area is 171 Å². The van der Waals surface area contributed by atoms with E-state index in [0.29, 0.717) is 30.1 Å². The van der Waals surface area contributed by atoms with E-state index in [2.05, 4.69) is 15.9 Å². The maximum atomic E-state index is 12.6. The Morgan fingerprint density at radius 3 is 2.79 bits per heavy atom. The zero-order chi connectivity index (χ0) is 19.9. The lowest BCUT2D eigenvalue weighted by Gasteiger charge is -2.12. The first-order valence-electron chi connectivity index (χ1n) is 9.10. The van der Waals surface area contributed by atoms with E-state index in [1.54, 1.807) is 36.4 Å². The summed E-state index contributed by atoms with van der Waals surface area (Å²) in [5.74, 6) is -0.373. The van der Waals surface area contributed by atoms with Crippen LogP contribution in [0, 0.1) is 0 Å². The molecule has 0 amide bonds. The number of carbonyl (C=O) groups excluding carboxylic acids is 2. The van der Waals surface area contributed by atoms with Crippen molar-refractivity contribution in [3.05, 3.63) is 58.1 Å². The van der Waals surface area contributed by atoms with Crippen molar-refractivity contribution < 1.29 is 28.5 Å². The molecule has 2 aromatic rings. The van der Waals surface area contributed by atoms with Crippen LogP contribution in [-0.4, -0.2) is 37.9 Å². The van der Waals surface area contributed by atoms with Gasteiger partial charge in [0.25, 0.3) is 0 Å². The van der Waals surface area contributed by atoms with Crippen LogP contribution in [0.15, 0.2) is 46.9 Å². The van der Waals surface area contributed by atoms with Crippen molar-refractivity contribution in [3.8, 4) is 11.5 Å². The molecule has 2 aromatic carbocycles. The van der Waals surface area contributed by atoms with Gasteiger partial charge < -0.3 is 18.9 Å². The highest BCUT2D eigenvalue weighted by Crippen LogP contribution is 2.25. The molecule has 148 valence electrons. The zero-order valence-corrected chi connectivity index (χ0v) is 17.1. The van der Waals surface area contributed by atoms with Gasteiger partial charge in [0.1, 0.15) is 23.7 Å². The molecule has 1 heterocycles. The summed E-state index contributed by atoms with van der Waals surface area (Å²) in [5, 5.41) is 0. The van der Waals surface area contributed by atoms with Crippen LogP contribution in [0.5, 0.6) is 11.5 Å². The predicted octanol–water partition coefficient (Wildman–Crippen LogP) is 4.40. The minimum Gasteiger partial charge on any atom is -0.493 e. The van der Waals surface area contributed by atoms with Gasteiger partial charge in [-0.25, -0.2) is 9.59 Å². The minimum atomic E-state index is -0.574. The lowest BCUT2D eigenvalue weighted by Crippen LogP contribution is -2.18. The Balaban J connectivity index is 1.67. The molecule has 1 atom stereocenters. The van der Waals surface area contributed by atoms with Crippen LogP contribution in [0.1, 0.15) is 40.5 Å². The van der Waals surface area contributed by atoms with Crippen molar-refractivity contribution in [2.45, 2.75) is 25.9 Å². The average molecular weight is 449 g/mol. The van der Waals surface area contributed by atoms with Crippen molar-refractivity contribution >= 4 is 27.9 Å². The molecule has 7 heteroatoms. The number of hydrogen-bond acceptors (Lipinski definition) is 6. The predicted molar refractivity (Wildman–Crippen MR) is 106 cm³/mol. The Kier molecular flexibility index (Phi) is 7.06. The van der Waals surface area contributed by atoms with Crippen molar-refractivity contribution in [3.63, 3.8) is 0 Å². The molecule has 3 rings (SSSR count). The molecular formula is C21H21BrO6. The van der Waals surface area contributed by atoms with Crippen LogP contribution in [0.25, 0.3) is 0 Å². The number of halogens is 1. The normalized spacial score (nSPS) is 15.9. The number of benzene rings is 2. The summed E-state index contributed by atoms with van der Waals surface area (Å²) in [4.78, 5) is 24.8. The summed E-state index contributed by atoms with van der Waals surface area (Å²) in [6.07, 6.45) is 1.82. The monoisotopic (exact) mass is 448 g/mol. The van der Waals surface area contributed by atoms with E-state index in [1.807, 2.05) is 6.92 Å². The second-order valence-corrected chi connectivity index (χ2v) is 7.14. The largest absolute Gasteiger partial charge is 0.493 e. The van der Waals surface area contributed by atoms with E-state index in [0.717, 1.165) is 17.3 Å². The second-order valence-electron chi connectivity index (χ2n) is 6.22. The molecule has 28 heavy (non-hydrogen) atoms. The third kappa shape index (κ3) is 5.33. The van der Waals surface area contributed by atoms with E-state index in [1.165, 1.54) is 6.07 Å². The third-order valence-electron chi connectivity index (χ3n) is 4.17. The second kappa shape index (κ2) is 9.71. The zero-order valence-electron chi connectivity index (χ0n) is 15.5. The summed E-state index contributed by atoms with van der Waals surface area (Å²) in [6, 6.07) is 11.4. The molecule has 0 radical (unpaired) electrons. The van der Waals surface area contributed by atoms with Gasteiger partial charge in [-0.05, 0) is 56.2 Å². The van der Waals surface area contributed by atoms with Crippen molar-refractivity contribution in [1.29, 1.82) is 0 Å². The van der Waals surface area contributed by atoms with Gasteiger partial charge in [-0.3, -0.25) is 0 Å². The van der Waals surface area contributed by atoms with Crippen LogP contribution in [-0.2, 0) is 9.47 Å². The van der Waals surface area contributed by atoms with Crippen LogP contribution in [0.4, 0.5) is 0 Å². The van der Waals surface area contributed by atoms with Crippen LogP contribution in [0.3, 0.4) is 0 Å². The number of hydrogen-bond donors (Lipinski definition) is 0. The smallest absolute Gasteiger partial charge is 0.347 e. The van der Waals surface area contributed by atoms with Gasteiger partial charge in [-0.2, -0.15) is 0 Å². The Hall–Kier alpha value is -2.38. The molecule has 0 aromatic heterocycles. The first kappa shape index (κ1) is 20.4. The highest BCUT2D eigenvalue weighted by molar-refractivity contribution is 9.10. The third-order valence-corrected chi connectivity index (χ3v) is 4.66. The van der Waals surface area contributed by atoms with Gasteiger partial charge in [-0.15, -0.1) is 0 Å². The Morgan fingerprint density at radius 1 is 1.18 bits per heavy atom. The van der Waals surface area contributed by atoms with Gasteiger partial charge in [0.05, 0.1) is 18.3 Å². The van der Waals surface area contributed by atoms with Gasteiger partial charge in [0, 0.05) is 11.1 Å². The molecule has 1 fully saturated rings. The fourth-order valence-electron chi connectivity index (χ4n) is 2.82. The molecule has 0 bridgehead atoms. The highest BCUT2D eigenvalue weighted by atomic mass is 79.9. The molecule has 1 aliphatic heterocycles. The van der Waals surface area contributed by atoms with Crippen molar-refractivity contribution in [2.75, 3.05) is 19.8 Å². The Bertz CT molecular complexity index is 845. The molecule has 0 spiro atoms. The number of esters is 2. The number of carbonyl (C=O) groups is 2. The maximum absolute atomic E-state index is 12.6. The number of ether oxygens (including phenoxy) is 4. The van der Waals surface area contributed by atoms with E-state index >= 15 is 0 Å². The van der Waals surface area contributed by atoms with E-state index < -0.39 is 11.9 Å². The summed E-state index contributed by atoms with van der Waals surface area (Å²) >= 11 is 3.34. The SMILES string of the molecule is CCOc1ccc(Br)cc1C(=O)Oc1cccc(C(=O)OCC2CCCO2)c1. The molecule has 6 nitrogen and oxygen atoms in total. The Morgan fingerprint density at radius 2 is 2.04 bits per heavy atom. The average Bonchev–Trinajstić information content (AvgIpc) is 3.21. The van der Waals surface area contributed by atoms with Crippen molar-refractivity contribution in [1.82, 2.24) is 0 Å². The molecule has 0 saturated carbocycles. The van der Waals surface area contributed by atoms with Gasteiger partial charge in [0.15, 0.2) is 0 Å². The van der Waals surface area contributed by atoms with Gasteiger partial charge >= 0.3 is 11.9 Å². The lowest BCUT2D eigenvalue weighted by atomic mass is 10.2. The topological polar surface area (TPSA) is 71.1 Å². The molecule has 0 aliphatic carbocycles. The maximum Gasteiger partial charge on any atom is 0.347 e. The van der Waals surface area contributed by atoms with E-state index in [4.69, 9.17) is 18.9 Å². The molecule has 1 aliphatic rings. The fraction of sp³-hybridized carbons (Fsp3) is 0.333. The lowest BCUT2D eigenvalue weighted by molar-refractivity contribution is 0.0161. The minimum absolute atomic E-state index is 0.0431. The first-order chi connectivity index (χ1) is 13.6. The summed E-state index contributed by atoms with van der Waals surface area (Å²) < 4.78 is 22.4. The first-order valence-corrected chi connectivity index (χ1v) is 9.89. The molecule has 1 saturated heterocycles. The summed E-state index contributed by atoms with van der Waals surface area (Å²) in [7, 11) is 0. The van der Waals surface area contributed by atoms with Gasteiger partial charge in [-0.1, -0.05) is 22.0 Å². The molecule has 0 N–H and O–H groups in total. The molecular weight excluding hydrogens is 428 g/mol. The summed E-state index contributed by atoms with van der Waals surface area (Å²) in [6.45, 7) is 3.18. The summed E-state index contributed by atoms with van der Waals surface area (Å²) in [5.41, 5.74) is 0.602. The van der Waals surface area contributed by atoms with E-state index in [9.17, 15) is 9.59 Å². The molecule has 1 unspecified atom stereocenters. The fourth-order valence-corrected chi connectivity index (χ4v) is 3.18. The standard InChI is InChI=1S/C21H21BrO6/c1-2-25-19-9-8-15(22)12-18(19)21(24)28-16-6-3-5-14(11-16)20(23)27-13-17-7-4-10-26-17/h3,5-6,8-9,11-12,17H,2,4,7,10,13H2,1H3. The van der Waals surface area contributed by atoms with Gasteiger partial charge in [0.2, 0.25) is 0 Å². The van der Waals surface area contributed by atoms with Crippen LogP contribution < -0.4 is 9.47 Å². The van der Waals surface area contributed by atoms with Crippen molar-refractivity contribution in [2.24, 2.45) is 0 Å². The quantitative estimate of drug-likeness (QED) is 0.461. The van der Waals surface area contributed by atoms with Crippen LogP contribution in [0.2, 0.25) is 0 Å². The highest BCUT2D eigenvalue weighted by Gasteiger charge is 2.19. The van der Waals surface area contributed by atoms with E-state index in [-0.39, 0.29) is 18.5 Å². The number of rotatable bonds is 7. The van der Waals surface area contributed by atoms with Crippen LogP contribution >= 0.6 is 15.9 Å².